The minimum Gasteiger partial charge on any atom is -0.378 e. The van der Waals surface area contributed by atoms with Crippen LogP contribution in [0, 0.1) is 5.92 Å². The predicted molar refractivity (Wildman–Crippen MR) is 64.9 cm³/mol. The highest BCUT2D eigenvalue weighted by molar-refractivity contribution is 4.78. The van der Waals surface area contributed by atoms with Crippen LogP contribution in [0.1, 0.15) is 58.3 Å². The van der Waals surface area contributed by atoms with E-state index in [0.29, 0.717) is 12.0 Å². The van der Waals surface area contributed by atoms with Crippen molar-refractivity contribution in [3.63, 3.8) is 0 Å². The Bertz CT molecular complexity index is 149. The van der Waals surface area contributed by atoms with Crippen LogP contribution in [0.15, 0.2) is 0 Å². The lowest BCUT2D eigenvalue weighted by Crippen LogP contribution is -2.25. The molecule has 0 saturated heterocycles. The summed E-state index contributed by atoms with van der Waals surface area (Å²) in [5.41, 5.74) is 5.71. The van der Waals surface area contributed by atoms with Crippen molar-refractivity contribution >= 4 is 0 Å². The SMILES string of the molecule is CCCCCCCOC1CCCC1CN. The van der Waals surface area contributed by atoms with Gasteiger partial charge in [0.05, 0.1) is 6.10 Å². The predicted octanol–water partition coefficient (Wildman–Crippen LogP) is 3.10. The van der Waals surface area contributed by atoms with Crippen LogP contribution in [0.5, 0.6) is 0 Å². The molecule has 0 bridgehead atoms. The molecule has 1 fully saturated rings. The van der Waals surface area contributed by atoms with Gasteiger partial charge in [-0.15, -0.1) is 0 Å². The third-order valence-electron chi connectivity index (χ3n) is 3.47. The minimum atomic E-state index is 0.473. The fourth-order valence-corrected chi connectivity index (χ4v) is 2.43. The maximum absolute atomic E-state index is 5.91. The Kier molecular flexibility index (Phi) is 7.03. The van der Waals surface area contributed by atoms with Crippen LogP contribution >= 0.6 is 0 Å². The molecule has 1 rings (SSSR count). The first-order valence-electron chi connectivity index (χ1n) is 6.70. The van der Waals surface area contributed by atoms with E-state index in [1.165, 1.54) is 51.4 Å². The van der Waals surface area contributed by atoms with Crippen molar-refractivity contribution in [3.05, 3.63) is 0 Å². The normalized spacial score (nSPS) is 26.0. The second-order valence-corrected chi connectivity index (χ2v) is 4.75. The fraction of sp³-hybridized carbons (Fsp3) is 1.00. The average Bonchev–Trinajstić information content (AvgIpc) is 2.70. The number of unbranched alkanes of at least 4 members (excludes halogenated alkanes) is 4. The summed E-state index contributed by atoms with van der Waals surface area (Å²) in [6.45, 7) is 4.01. The van der Waals surface area contributed by atoms with Crippen LogP contribution in [0.25, 0.3) is 0 Å². The number of hydrogen-bond donors (Lipinski definition) is 1. The monoisotopic (exact) mass is 213 g/mol. The molecule has 0 aromatic heterocycles. The first kappa shape index (κ1) is 13.0. The van der Waals surface area contributed by atoms with Crippen LogP contribution in [-0.2, 0) is 4.74 Å². The van der Waals surface area contributed by atoms with Crippen molar-refractivity contribution in [3.8, 4) is 0 Å². The van der Waals surface area contributed by atoms with Gasteiger partial charge in [0.1, 0.15) is 0 Å². The Hall–Kier alpha value is -0.0800. The van der Waals surface area contributed by atoms with Gasteiger partial charge in [0.15, 0.2) is 0 Å². The molecule has 2 N–H and O–H groups in total. The molecule has 0 heterocycles. The number of ether oxygens (including phenoxy) is 1. The first-order chi connectivity index (χ1) is 7.38. The first-order valence-corrected chi connectivity index (χ1v) is 6.70. The fourth-order valence-electron chi connectivity index (χ4n) is 2.43. The van der Waals surface area contributed by atoms with E-state index in [-0.39, 0.29) is 0 Å². The number of hydrogen-bond acceptors (Lipinski definition) is 2. The third-order valence-corrected chi connectivity index (χ3v) is 3.47. The van der Waals surface area contributed by atoms with E-state index in [2.05, 4.69) is 6.92 Å². The smallest absolute Gasteiger partial charge is 0.0615 e. The van der Waals surface area contributed by atoms with Gasteiger partial charge in [0.25, 0.3) is 0 Å². The van der Waals surface area contributed by atoms with Gasteiger partial charge in [-0.1, -0.05) is 39.0 Å². The number of rotatable bonds is 8. The summed E-state index contributed by atoms with van der Waals surface area (Å²) in [6.07, 6.45) is 10.9. The molecule has 0 amide bonds. The maximum atomic E-state index is 5.91. The molecule has 0 radical (unpaired) electrons. The maximum Gasteiger partial charge on any atom is 0.0615 e. The molecule has 1 aliphatic rings. The van der Waals surface area contributed by atoms with Crippen molar-refractivity contribution in [2.45, 2.75) is 64.4 Å². The van der Waals surface area contributed by atoms with Crippen LogP contribution < -0.4 is 5.73 Å². The van der Waals surface area contributed by atoms with Crippen LogP contribution in [0.4, 0.5) is 0 Å². The zero-order valence-electron chi connectivity index (χ0n) is 10.2. The molecular formula is C13H27NO. The van der Waals surface area contributed by atoms with Gasteiger partial charge in [-0.25, -0.2) is 0 Å². The molecule has 2 nitrogen and oxygen atoms in total. The minimum absolute atomic E-state index is 0.473. The Labute approximate surface area is 94.6 Å². The number of nitrogens with two attached hydrogens (primary N) is 1. The van der Waals surface area contributed by atoms with Gasteiger partial charge in [-0.05, 0) is 31.7 Å². The highest BCUT2D eigenvalue weighted by Crippen LogP contribution is 2.27. The van der Waals surface area contributed by atoms with E-state index in [4.69, 9.17) is 10.5 Å². The summed E-state index contributed by atoms with van der Waals surface area (Å²) < 4.78 is 5.91. The molecule has 15 heavy (non-hydrogen) atoms. The van der Waals surface area contributed by atoms with Gasteiger partial charge in [-0.2, -0.15) is 0 Å². The van der Waals surface area contributed by atoms with Gasteiger partial charge in [-0.3, -0.25) is 0 Å². The average molecular weight is 213 g/mol. The second-order valence-electron chi connectivity index (χ2n) is 4.75. The van der Waals surface area contributed by atoms with E-state index in [1.54, 1.807) is 0 Å². The Morgan fingerprint density at radius 3 is 2.67 bits per heavy atom. The quantitative estimate of drug-likeness (QED) is 0.629. The lowest BCUT2D eigenvalue weighted by atomic mass is 10.1. The molecule has 0 aromatic carbocycles. The summed E-state index contributed by atoms with van der Waals surface area (Å²) in [6, 6.07) is 0. The molecule has 90 valence electrons. The molecule has 0 spiro atoms. The lowest BCUT2D eigenvalue weighted by Gasteiger charge is -2.18. The van der Waals surface area contributed by atoms with Gasteiger partial charge < -0.3 is 10.5 Å². The van der Waals surface area contributed by atoms with E-state index >= 15 is 0 Å². The van der Waals surface area contributed by atoms with Crippen molar-refractivity contribution < 1.29 is 4.74 Å². The highest BCUT2D eigenvalue weighted by atomic mass is 16.5. The van der Waals surface area contributed by atoms with Crippen LogP contribution in [0.2, 0.25) is 0 Å². The van der Waals surface area contributed by atoms with Crippen molar-refractivity contribution in [1.29, 1.82) is 0 Å². The molecule has 2 heteroatoms. The van der Waals surface area contributed by atoms with E-state index in [1.807, 2.05) is 0 Å². The molecule has 2 unspecified atom stereocenters. The summed E-state index contributed by atoms with van der Waals surface area (Å²) in [7, 11) is 0. The van der Waals surface area contributed by atoms with Crippen molar-refractivity contribution in [2.24, 2.45) is 11.7 Å². The van der Waals surface area contributed by atoms with Crippen LogP contribution in [-0.4, -0.2) is 19.3 Å². The Morgan fingerprint density at radius 2 is 1.93 bits per heavy atom. The molecule has 1 aliphatic carbocycles. The Balaban J connectivity index is 1.95. The molecule has 0 aromatic rings. The van der Waals surface area contributed by atoms with Crippen molar-refractivity contribution in [1.82, 2.24) is 0 Å². The zero-order valence-corrected chi connectivity index (χ0v) is 10.2. The van der Waals surface area contributed by atoms with Crippen LogP contribution in [0.3, 0.4) is 0 Å². The zero-order chi connectivity index (χ0) is 10.9. The van der Waals surface area contributed by atoms with E-state index < -0.39 is 0 Å². The Morgan fingerprint density at radius 1 is 1.13 bits per heavy atom. The van der Waals surface area contributed by atoms with Gasteiger partial charge >= 0.3 is 0 Å². The molecule has 2 atom stereocenters. The third kappa shape index (κ3) is 4.98. The summed E-state index contributed by atoms with van der Waals surface area (Å²) in [4.78, 5) is 0. The van der Waals surface area contributed by atoms with Gasteiger partial charge in [0, 0.05) is 6.61 Å². The largest absolute Gasteiger partial charge is 0.378 e. The summed E-state index contributed by atoms with van der Waals surface area (Å²) >= 11 is 0. The standard InChI is InChI=1S/C13H27NO/c1-2-3-4-5-6-10-15-13-9-7-8-12(13)11-14/h12-13H,2-11,14H2,1H3. The molecule has 0 aliphatic heterocycles. The lowest BCUT2D eigenvalue weighted by molar-refractivity contribution is 0.0279. The van der Waals surface area contributed by atoms with Gasteiger partial charge in [0.2, 0.25) is 0 Å². The topological polar surface area (TPSA) is 35.2 Å². The second kappa shape index (κ2) is 8.12. The summed E-state index contributed by atoms with van der Waals surface area (Å²) in [5.74, 6) is 0.639. The molecular weight excluding hydrogens is 186 g/mol. The van der Waals surface area contributed by atoms with Crippen molar-refractivity contribution in [2.75, 3.05) is 13.2 Å². The van der Waals surface area contributed by atoms with E-state index in [0.717, 1.165) is 13.2 Å². The summed E-state index contributed by atoms with van der Waals surface area (Å²) in [5, 5.41) is 0. The molecule has 1 saturated carbocycles. The highest BCUT2D eigenvalue weighted by Gasteiger charge is 2.26. The van der Waals surface area contributed by atoms with E-state index in [9.17, 15) is 0 Å².